The number of aromatic amines is 1. The van der Waals surface area contributed by atoms with Crippen LogP contribution < -0.4 is 37.9 Å². The largest absolute Gasteiger partial charge is 0.492 e. The van der Waals surface area contributed by atoms with Crippen molar-refractivity contribution in [3.8, 4) is 91.5 Å². The van der Waals surface area contributed by atoms with Gasteiger partial charge >= 0.3 is 3.98 Å². The van der Waals surface area contributed by atoms with E-state index < -0.39 is 21.1 Å². The second-order valence-corrected chi connectivity index (χ2v) is 17.9. The summed E-state index contributed by atoms with van der Waals surface area (Å²) in [7, 11) is 4.18. The molecule has 0 aliphatic carbocycles. The molecule has 5 heterocycles. The number of benzene rings is 4. The van der Waals surface area contributed by atoms with Crippen LogP contribution in [0.2, 0.25) is 5.02 Å². The highest BCUT2D eigenvalue weighted by molar-refractivity contribution is 6.66. The molecule has 0 atom stereocenters. The van der Waals surface area contributed by atoms with Gasteiger partial charge in [-0.3, -0.25) is 0 Å². The van der Waals surface area contributed by atoms with E-state index in [1.54, 1.807) is 18.2 Å². The summed E-state index contributed by atoms with van der Waals surface area (Å²) < 4.78 is 46.2. The van der Waals surface area contributed by atoms with Crippen LogP contribution in [0.25, 0.3) is 89.7 Å². The molecule has 4 aromatic carbocycles. The molecule has 8 bridgehead atoms. The molecule has 342 valence electrons. The van der Waals surface area contributed by atoms with E-state index in [1.807, 2.05) is 24.3 Å². The van der Waals surface area contributed by atoms with Gasteiger partial charge in [-0.25, -0.2) is 34.0 Å². The lowest BCUT2D eigenvalue weighted by Crippen LogP contribution is -2.12. The average molecular weight is 1100 g/mol. The zero-order valence-corrected chi connectivity index (χ0v) is 41.0. The van der Waals surface area contributed by atoms with Crippen LogP contribution in [-0.4, -0.2) is 87.5 Å². The first-order valence-corrected chi connectivity index (χ1v) is 22.9. The molecule has 0 amide bonds. The number of methoxy groups -OCH3 is 3. The molecule has 1 N–H and O–H groups in total. The molecule has 0 saturated carbocycles. The van der Waals surface area contributed by atoms with Gasteiger partial charge in [0.2, 0.25) is 22.3 Å². The summed E-state index contributed by atoms with van der Waals surface area (Å²) in [6.07, 6.45) is 0. The fraction of sp³-hybridized carbons (Fsp3) is 0.200. The average Bonchev–Trinajstić information content (AvgIpc) is 4.00. The Bertz CT molecular complexity index is 3300. The molecule has 66 heavy (non-hydrogen) atoms. The third-order valence-electron chi connectivity index (χ3n) is 9.98. The van der Waals surface area contributed by atoms with E-state index in [2.05, 4.69) is 4.98 Å². The first kappa shape index (κ1) is 46.6. The molecule has 0 unspecified atom stereocenters. The summed E-state index contributed by atoms with van der Waals surface area (Å²) in [5, 5.41) is -0.372. The Morgan fingerprint density at radius 3 is 1.76 bits per heavy atom. The Morgan fingerprint density at radius 2 is 1.14 bits per heavy atom. The summed E-state index contributed by atoms with van der Waals surface area (Å²) in [6, 6.07) is 11.1. The summed E-state index contributed by atoms with van der Waals surface area (Å²) in [5.41, 5.74) is 1.63. The normalized spacial score (nSPS) is 12.0. The number of H-pyrrole nitrogens is 1. The van der Waals surface area contributed by atoms with Crippen molar-refractivity contribution in [2.45, 2.75) is 9.00 Å². The second kappa shape index (κ2) is 18.6. The zero-order valence-electron chi connectivity index (χ0n) is 33.4. The van der Waals surface area contributed by atoms with Gasteiger partial charge in [-0.15, -0.1) is 0 Å². The lowest BCUT2D eigenvalue weighted by Gasteiger charge is -2.21. The third-order valence-corrected chi connectivity index (χ3v) is 11.4. The highest BCUT2D eigenvalue weighted by Crippen LogP contribution is 2.59. The van der Waals surface area contributed by atoms with Crippen LogP contribution in [0.1, 0.15) is 0 Å². The molecule has 9 rings (SSSR count). The molecule has 3 aromatic heterocycles. The number of rotatable bonds is 12. The number of aromatic nitrogens is 8. The van der Waals surface area contributed by atoms with Gasteiger partial charge in [-0.05, 0) is 40.9 Å². The van der Waals surface area contributed by atoms with Gasteiger partial charge < -0.3 is 42.9 Å². The van der Waals surface area contributed by atoms with Gasteiger partial charge in [0, 0.05) is 28.3 Å². The van der Waals surface area contributed by atoms with Crippen LogP contribution in [0.4, 0.5) is 0 Å². The number of alkyl halides is 8. The standard InChI is InChI=1S/C40H24Cl10N8O8/c1-59-24-20-19(23(44)27(62-11-41)28(24)61-3)33-52-31-14-7-4-5-8-15(14)32(51-31)56-37-16-9-6-10-17(66-40(47,48)49)18(16)38(58(37)50)57-36-22-21(35(55-36)54-34(20)53-33)25(60-2)29(63-12-42)30(64-13-43)26(22)65-39(45)46/h4-10,39H,11-13H2,1-3H3,(H,51,52,53,54,55,56,57). The number of hydrogen-bond donors (Lipinski definition) is 1. The molecule has 2 aliphatic rings. The predicted molar refractivity (Wildman–Crippen MR) is 257 cm³/mol. The number of nitrogens with zero attached hydrogens (tertiary/aromatic N) is 7. The van der Waals surface area contributed by atoms with Gasteiger partial charge in [0.1, 0.15) is 17.0 Å². The van der Waals surface area contributed by atoms with E-state index in [9.17, 15) is 0 Å². The van der Waals surface area contributed by atoms with Crippen molar-refractivity contribution in [1.82, 2.24) is 39.0 Å². The Morgan fingerprint density at radius 1 is 0.591 bits per heavy atom. The fourth-order valence-electron chi connectivity index (χ4n) is 7.64. The summed E-state index contributed by atoms with van der Waals surface area (Å²) >= 11 is 64.3. The van der Waals surface area contributed by atoms with E-state index in [0.717, 1.165) is 4.09 Å². The third kappa shape index (κ3) is 7.92. The molecule has 0 spiro atoms. The SMILES string of the molecule is COc1c(OCCl)c(OCCl)c(OC(Cl)Cl)c2c1-c1nc-2nc2c3c(OC(Cl)(Cl)Cl)cccc3c(nc3nc(nc4[nH]c(n1)c1c(OC)c(OC)c(OCCl)c(Cl)c41)-c1ccccc1-3)n2Cl. The van der Waals surface area contributed by atoms with Crippen LogP contribution in [0, 0.1) is 0 Å². The number of nitrogens with one attached hydrogen (secondary N) is 1. The number of hydrogen-bond acceptors (Lipinski definition) is 14. The summed E-state index contributed by atoms with van der Waals surface area (Å²) in [6.45, 7) is 0. The topological polar surface area (TPSA) is 172 Å². The maximum absolute atomic E-state index is 7.30. The lowest BCUT2D eigenvalue weighted by atomic mass is 10.0. The minimum Gasteiger partial charge on any atom is -0.492 e. The van der Waals surface area contributed by atoms with Gasteiger partial charge in [-0.1, -0.05) is 106 Å². The Labute approximate surface area is 421 Å². The van der Waals surface area contributed by atoms with Gasteiger partial charge in [0.05, 0.1) is 53.6 Å². The first-order chi connectivity index (χ1) is 31.8. The maximum Gasteiger partial charge on any atom is 0.338 e. The molecular weight excluding hydrogens is 1080 g/mol. The Hall–Kier alpha value is -4.46. The molecule has 16 nitrogen and oxygen atoms in total. The molecule has 26 heteroatoms. The van der Waals surface area contributed by atoms with Crippen LogP contribution in [0.3, 0.4) is 0 Å². The zero-order chi connectivity index (χ0) is 46.8. The highest BCUT2D eigenvalue weighted by atomic mass is 35.6. The van der Waals surface area contributed by atoms with E-state index >= 15 is 0 Å². The number of fused-ring (bicyclic) bond motifs is 20. The van der Waals surface area contributed by atoms with Gasteiger partial charge in [-0.2, -0.15) is 0 Å². The van der Waals surface area contributed by atoms with Crippen molar-refractivity contribution >= 4 is 160 Å². The number of ether oxygens (including phenoxy) is 8. The quantitative estimate of drug-likeness (QED) is 0.115. The first-order valence-electron chi connectivity index (χ1n) is 18.5. The molecule has 0 saturated heterocycles. The summed E-state index contributed by atoms with van der Waals surface area (Å²) in [4.78, 5) is 33.3. The Balaban J connectivity index is 1.59. The molecule has 0 radical (unpaired) electrons. The molecule has 0 fully saturated rings. The van der Waals surface area contributed by atoms with Crippen LogP contribution in [-0.2, 0) is 0 Å². The maximum atomic E-state index is 7.30. The fourth-order valence-corrected chi connectivity index (χ4v) is 8.97. The van der Waals surface area contributed by atoms with E-state index in [-0.39, 0.29) is 130 Å². The lowest BCUT2D eigenvalue weighted by molar-refractivity contribution is 0.280. The molecule has 7 aromatic rings. The van der Waals surface area contributed by atoms with Crippen molar-refractivity contribution in [2.24, 2.45) is 0 Å². The highest BCUT2D eigenvalue weighted by Gasteiger charge is 2.38. The van der Waals surface area contributed by atoms with Crippen LogP contribution in [0.5, 0.6) is 46.0 Å². The number of halogens is 10. The van der Waals surface area contributed by atoms with Crippen molar-refractivity contribution in [3.05, 3.63) is 47.5 Å². The van der Waals surface area contributed by atoms with Crippen molar-refractivity contribution in [2.75, 3.05) is 39.5 Å². The smallest absolute Gasteiger partial charge is 0.338 e. The van der Waals surface area contributed by atoms with E-state index in [4.69, 9.17) is 184 Å². The van der Waals surface area contributed by atoms with Crippen LogP contribution in [0.15, 0.2) is 42.5 Å². The Kier molecular flexibility index (Phi) is 13.1. The van der Waals surface area contributed by atoms with E-state index in [1.165, 1.54) is 21.3 Å². The second-order valence-electron chi connectivity index (χ2n) is 13.4. The predicted octanol–water partition coefficient (Wildman–Crippen LogP) is 12.6. The molecule has 2 aliphatic heterocycles. The monoisotopic (exact) mass is 1090 g/mol. The molecular formula is C40H24Cl10N8O8. The van der Waals surface area contributed by atoms with Crippen LogP contribution >= 0.6 is 116 Å². The van der Waals surface area contributed by atoms with Gasteiger partial charge in [0.25, 0.3) is 0 Å². The minimum atomic E-state index is -2.25. The minimum absolute atomic E-state index is 0.0210. The van der Waals surface area contributed by atoms with Crippen molar-refractivity contribution < 1.29 is 37.9 Å². The summed E-state index contributed by atoms with van der Waals surface area (Å²) in [5.74, 6) is 0.0338. The van der Waals surface area contributed by atoms with Gasteiger partial charge in [0.15, 0.2) is 75.8 Å². The van der Waals surface area contributed by atoms with Crippen molar-refractivity contribution in [1.29, 1.82) is 0 Å². The van der Waals surface area contributed by atoms with E-state index in [0.29, 0.717) is 16.5 Å². The van der Waals surface area contributed by atoms with Crippen molar-refractivity contribution in [3.63, 3.8) is 0 Å².